The van der Waals surface area contributed by atoms with Crippen LogP contribution in [0.4, 0.5) is 0 Å². The first-order chi connectivity index (χ1) is 6.63. The Morgan fingerprint density at radius 1 is 1.50 bits per heavy atom. The van der Waals surface area contributed by atoms with Crippen LogP contribution in [-0.4, -0.2) is 20.8 Å². The Hall–Kier alpha value is -0.590. The Labute approximate surface area is 92.9 Å². The van der Waals surface area contributed by atoms with Crippen molar-refractivity contribution in [2.75, 3.05) is 6.26 Å². The number of hydrogen-bond acceptors (Lipinski definition) is 5. The molecule has 0 aliphatic heterocycles. The molecule has 0 aromatic carbocycles. The number of rotatable bonds is 1. The zero-order valence-electron chi connectivity index (χ0n) is 7.44. The minimum Gasteiger partial charge on any atom is -0.285 e. The molecule has 7 heteroatoms. The molecule has 14 heavy (non-hydrogen) atoms. The lowest BCUT2D eigenvalue weighted by atomic mass is 10.6. The third-order valence-corrected chi connectivity index (χ3v) is 4.01. The van der Waals surface area contributed by atoms with Crippen LogP contribution in [0.3, 0.4) is 0 Å². The fraction of sp³-hybridized carbons (Fsp3) is 0.286. The van der Waals surface area contributed by atoms with Gasteiger partial charge in [-0.3, -0.25) is 9.36 Å². The molecule has 0 amide bonds. The molecule has 2 rings (SSSR count). The second-order valence-electron chi connectivity index (χ2n) is 2.58. The molecule has 74 valence electrons. The second kappa shape index (κ2) is 3.52. The number of nitrogens with zero attached hydrogens (tertiary/aromatic N) is 3. The molecule has 0 radical (unpaired) electrons. The van der Waals surface area contributed by atoms with Crippen molar-refractivity contribution in [1.82, 2.24) is 14.5 Å². The number of hydrogen-bond donors (Lipinski definition) is 0. The highest BCUT2D eigenvalue weighted by atomic mass is 35.5. The highest BCUT2D eigenvalue weighted by Crippen LogP contribution is 2.25. The van der Waals surface area contributed by atoms with Crippen molar-refractivity contribution in [3.63, 3.8) is 0 Å². The summed E-state index contributed by atoms with van der Waals surface area (Å²) in [4.78, 5) is 20.5. The molecule has 0 spiro atoms. The molecule has 0 fully saturated rings. The number of thiazole rings is 1. The van der Waals surface area contributed by atoms with Gasteiger partial charge >= 0.3 is 0 Å². The maximum absolute atomic E-state index is 11.7. The molecular weight excluding hydrogens is 242 g/mol. The summed E-state index contributed by atoms with van der Waals surface area (Å²) in [6.45, 7) is 0. The first kappa shape index (κ1) is 9.95. The van der Waals surface area contributed by atoms with Gasteiger partial charge in [0.15, 0.2) is 14.7 Å². The molecule has 0 aliphatic carbocycles. The van der Waals surface area contributed by atoms with E-state index in [1.807, 2.05) is 6.26 Å². The van der Waals surface area contributed by atoms with Crippen LogP contribution in [0.5, 0.6) is 0 Å². The van der Waals surface area contributed by atoms with E-state index >= 15 is 0 Å². The van der Waals surface area contributed by atoms with Crippen molar-refractivity contribution in [3.8, 4) is 0 Å². The third-order valence-electron chi connectivity index (χ3n) is 1.74. The normalized spacial score (nSPS) is 11.1. The van der Waals surface area contributed by atoms with Crippen LogP contribution in [0.15, 0.2) is 9.13 Å². The van der Waals surface area contributed by atoms with E-state index in [9.17, 15) is 4.79 Å². The SMILES string of the molecule is CSc1nc2c(=O)n(C)c(Cl)nc2s1. The van der Waals surface area contributed by atoms with E-state index < -0.39 is 0 Å². The van der Waals surface area contributed by atoms with Gasteiger partial charge in [0.1, 0.15) is 0 Å². The van der Waals surface area contributed by atoms with Gasteiger partial charge in [0.2, 0.25) is 5.28 Å². The van der Waals surface area contributed by atoms with E-state index in [0.29, 0.717) is 10.3 Å². The monoisotopic (exact) mass is 247 g/mol. The summed E-state index contributed by atoms with van der Waals surface area (Å²) in [5, 5.41) is 0.193. The summed E-state index contributed by atoms with van der Waals surface area (Å²) in [5.41, 5.74) is 0.197. The topological polar surface area (TPSA) is 47.8 Å². The fourth-order valence-corrected chi connectivity index (χ4v) is 2.62. The van der Waals surface area contributed by atoms with Crippen molar-refractivity contribution in [1.29, 1.82) is 0 Å². The van der Waals surface area contributed by atoms with Gasteiger partial charge in [-0.25, -0.2) is 9.97 Å². The molecule has 2 aromatic rings. The molecular formula is C7H6ClN3OS2. The zero-order valence-corrected chi connectivity index (χ0v) is 9.83. The Morgan fingerprint density at radius 2 is 2.21 bits per heavy atom. The average Bonchev–Trinajstić information content (AvgIpc) is 2.57. The maximum atomic E-state index is 11.7. The largest absolute Gasteiger partial charge is 0.285 e. The first-order valence-corrected chi connectivity index (χ1v) is 6.12. The quantitative estimate of drug-likeness (QED) is 0.569. The standard InChI is InChI=1S/C7H6ClN3OS2/c1-11-5(12)3-4(10-6(11)8)14-7(9-3)13-2/h1-2H3. The number of fused-ring (bicyclic) bond motifs is 1. The minimum atomic E-state index is -0.198. The zero-order chi connectivity index (χ0) is 10.3. The van der Waals surface area contributed by atoms with E-state index in [0.717, 1.165) is 4.34 Å². The molecule has 0 saturated carbocycles. The molecule has 4 nitrogen and oxygen atoms in total. The van der Waals surface area contributed by atoms with Crippen molar-refractivity contribution >= 4 is 45.0 Å². The van der Waals surface area contributed by atoms with Gasteiger partial charge in [0.05, 0.1) is 0 Å². The Kier molecular flexibility index (Phi) is 2.50. The van der Waals surface area contributed by atoms with Gasteiger partial charge in [-0.15, -0.1) is 0 Å². The number of thioether (sulfide) groups is 1. The van der Waals surface area contributed by atoms with Gasteiger partial charge < -0.3 is 0 Å². The lowest BCUT2D eigenvalue weighted by Gasteiger charge is -1.97. The summed E-state index contributed by atoms with van der Waals surface area (Å²) in [6, 6.07) is 0. The van der Waals surface area contributed by atoms with Crippen LogP contribution in [-0.2, 0) is 7.05 Å². The lowest BCUT2D eigenvalue weighted by Crippen LogP contribution is -2.18. The van der Waals surface area contributed by atoms with Crippen LogP contribution in [0.25, 0.3) is 10.3 Å². The van der Waals surface area contributed by atoms with E-state index in [1.165, 1.54) is 27.7 Å². The predicted octanol–water partition coefficient (Wildman–Crippen LogP) is 1.77. The van der Waals surface area contributed by atoms with Crippen LogP contribution in [0.2, 0.25) is 5.28 Å². The summed E-state index contributed by atoms with van der Waals surface area (Å²) in [5.74, 6) is 0. The first-order valence-electron chi connectivity index (χ1n) is 3.70. The van der Waals surface area contributed by atoms with E-state index in [-0.39, 0.29) is 10.8 Å². The number of halogens is 1. The molecule has 0 bridgehead atoms. The van der Waals surface area contributed by atoms with Crippen molar-refractivity contribution in [2.45, 2.75) is 4.34 Å². The van der Waals surface area contributed by atoms with Crippen molar-refractivity contribution < 1.29 is 0 Å². The van der Waals surface area contributed by atoms with Crippen LogP contribution in [0, 0.1) is 0 Å². The Bertz CT molecular complexity index is 548. The minimum absolute atomic E-state index is 0.193. The number of aromatic nitrogens is 3. The smallest absolute Gasteiger partial charge is 0.281 e. The van der Waals surface area contributed by atoms with Crippen LogP contribution < -0.4 is 5.56 Å². The van der Waals surface area contributed by atoms with E-state index in [4.69, 9.17) is 11.6 Å². The van der Waals surface area contributed by atoms with Crippen LogP contribution in [0.1, 0.15) is 0 Å². The van der Waals surface area contributed by atoms with Gasteiger partial charge in [-0.2, -0.15) is 0 Å². The second-order valence-corrected chi connectivity index (χ2v) is 4.95. The average molecular weight is 248 g/mol. The Morgan fingerprint density at radius 3 is 2.86 bits per heavy atom. The predicted molar refractivity (Wildman–Crippen MR) is 59.4 cm³/mol. The summed E-state index contributed by atoms with van der Waals surface area (Å²) in [7, 11) is 1.58. The van der Waals surface area contributed by atoms with E-state index in [1.54, 1.807) is 7.05 Å². The summed E-state index contributed by atoms with van der Waals surface area (Å²) >= 11 is 8.64. The third kappa shape index (κ3) is 1.43. The van der Waals surface area contributed by atoms with Gasteiger partial charge in [-0.1, -0.05) is 23.1 Å². The summed E-state index contributed by atoms with van der Waals surface area (Å²) < 4.78 is 2.11. The molecule has 0 N–H and O–H groups in total. The highest BCUT2D eigenvalue weighted by Gasteiger charge is 2.11. The Balaban J connectivity index is 2.88. The van der Waals surface area contributed by atoms with Gasteiger partial charge in [0, 0.05) is 7.05 Å². The van der Waals surface area contributed by atoms with Crippen molar-refractivity contribution in [2.24, 2.45) is 7.05 Å². The molecule has 2 aromatic heterocycles. The molecule has 0 saturated heterocycles. The maximum Gasteiger partial charge on any atom is 0.281 e. The molecule has 2 heterocycles. The molecule has 0 atom stereocenters. The van der Waals surface area contributed by atoms with Gasteiger partial charge in [0.25, 0.3) is 5.56 Å². The fourth-order valence-electron chi connectivity index (χ4n) is 0.997. The highest BCUT2D eigenvalue weighted by molar-refractivity contribution is 8.00. The lowest BCUT2D eigenvalue weighted by molar-refractivity contribution is 0.842. The van der Waals surface area contributed by atoms with Gasteiger partial charge in [-0.05, 0) is 17.9 Å². The van der Waals surface area contributed by atoms with Crippen LogP contribution >= 0.6 is 34.7 Å². The molecule has 0 unspecified atom stereocenters. The summed E-state index contributed by atoms with van der Waals surface area (Å²) in [6.07, 6.45) is 1.91. The van der Waals surface area contributed by atoms with Crippen molar-refractivity contribution in [3.05, 3.63) is 15.6 Å². The molecule has 0 aliphatic rings. The van der Waals surface area contributed by atoms with E-state index in [2.05, 4.69) is 9.97 Å².